The van der Waals surface area contributed by atoms with Crippen molar-refractivity contribution in [1.29, 1.82) is 0 Å². The first-order valence-corrected chi connectivity index (χ1v) is 6.42. The molecule has 1 atom stereocenters. The SMILES string of the molecule is Cc1ccccc1CC(C)NCc1ccncc1. The summed E-state index contributed by atoms with van der Waals surface area (Å²) in [6.07, 6.45) is 4.74. The lowest BCUT2D eigenvalue weighted by atomic mass is 10.0. The average molecular weight is 240 g/mol. The lowest BCUT2D eigenvalue weighted by Crippen LogP contribution is -2.27. The molecular formula is C16H20N2. The molecular weight excluding hydrogens is 220 g/mol. The first-order valence-electron chi connectivity index (χ1n) is 6.42. The van der Waals surface area contributed by atoms with Gasteiger partial charge in [0, 0.05) is 25.0 Å². The Morgan fingerprint density at radius 1 is 1.11 bits per heavy atom. The highest BCUT2D eigenvalue weighted by atomic mass is 14.9. The summed E-state index contributed by atoms with van der Waals surface area (Å²) in [5.41, 5.74) is 4.07. The normalized spacial score (nSPS) is 12.3. The molecule has 0 amide bonds. The summed E-state index contributed by atoms with van der Waals surface area (Å²) in [6.45, 7) is 5.30. The van der Waals surface area contributed by atoms with Crippen LogP contribution in [0.3, 0.4) is 0 Å². The number of aryl methyl sites for hydroxylation is 1. The standard InChI is InChI=1S/C16H20N2/c1-13-5-3-4-6-16(13)11-14(2)18-12-15-7-9-17-10-8-15/h3-10,14,18H,11-12H2,1-2H3. The Balaban J connectivity index is 1.86. The van der Waals surface area contributed by atoms with E-state index >= 15 is 0 Å². The number of hydrogen-bond donors (Lipinski definition) is 1. The van der Waals surface area contributed by atoms with E-state index in [9.17, 15) is 0 Å². The van der Waals surface area contributed by atoms with E-state index in [0.717, 1.165) is 13.0 Å². The van der Waals surface area contributed by atoms with Crippen molar-refractivity contribution in [2.45, 2.75) is 32.9 Å². The van der Waals surface area contributed by atoms with Gasteiger partial charge in [0.15, 0.2) is 0 Å². The predicted molar refractivity (Wildman–Crippen MR) is 75.4 cm³/mol. The zero-order valence-corrected chi connectivity index (χ0v) is 11.1. The molecule has 94 valence electrons. The number of aromatic nitrogens is 1. The summed E-state index contributed by atoms with van der Waals surface area (Å²) in [4.78, 5) is 4.02. The van der Waals surface area contributed by atoms with Crippen LogP contribution in [0.4, 0.5) is 0 Å². The Morgan fingerprint density at radius 2 is 1.83 bits per heavy atom. The molecule has 0 saturated carbocycles. The van der Waals surface area contributed by atoms with Crippen LogP contribution in [-0.4, -0.2) is 11.0 Å². The minimum atomic E-state index is 0.472. The van der Waals surface area contributed by atoms with E-state index in [-0.39, 0.29) is 0 Å². The number of hydrogen-bond acceptors (Lipinski definition) is 2. The van der Waals surface area contributed by atoms with Crippen molar-refractivity contribution in [2.24, 2.45) is 0 Å². The van der Waals surface area contributed by atoms with Crippen molar-refractivity contribution in [3.8, 4) is 0 Å². The smallest absolute Gasteiger partial charge is 0.0271 e. The maximum absolute atomic E-state index is 4.02. The summed E-state index contributed by atoms with van der Waals surface area (Å²) in [7, 11) is 0. The van der Waals surface area contributed by atoms with Crippen molar-refractivity contribution in [3.05, 3.63) is 65.5 Å². The van der Waals surface area contributed by atoms with Crippen molar-refractivity contribution < 1.29 is 0 Å². The predicted octanol–water partition coefficient (Wildman–Crippen LogP) is 3.11. The van der Waals surface area contributed by atoms with E-state index in [1.54, 1.807) is 0 Å². The Bertz CT molecular complexity index is 479. The second kappa shape index (κ2) is 6.31. The minimum absolute atomic E-state index is 0.472. The molecule has 2 aromatic rings. The molecule has 0 saturated heterocycles. The van der Waals surface area contributed by atoms with Crippen LogP contribution in [0.1, 0.15) is 23.6 Å². The average Bonchev–Trinajstić information content (AvgIpc) is 2.40. The minimum Gasteiger partial charge on any atom is -0.310 e. The van der Waals surface area contributed by atoms with E-state index in [0.29, 0.717) is 6.04 Å². The fourth-order valence-electron chi connectivity index (χ4n) is 2.03. The highest BCUT2D eigenvalue weighted by Gasteiger charge is 2.04. The molecule has 18 heavy (non-hydrogen) atoms. The van der Waals surface area contributed by atoms with Gasteiger partial charge in [0.05, 0.1) is 0 Å². The zero-order valence-electron chi connectivity index (χ0n) is 11.1. The van der Waals surface area contributed by atoms with Gasteiger partial charge in [-0.2, -0.15) is 0 Å². The monoisotopic (exact) mass is 240 g/mol. The first-order chi connectivity index (χ1) is 8.75. The molecule has 1 aromatic heterocycles. The van der Waals surface area contributed by atoms with E-state index in [1.165, 1.54) is 16.7 Å². The first kappa shape index (κ1) is 12.8. The lowest BCUT2D eigenvalue weighted by molar-refractivity contribution is 0.544. The van der Waals surface area contributed by atoms with E-state index < -0.39 is 0 Å². The molecule has 0 aliphatic carbocycles. The van der Waals surface area contributed by atoms with Gasteiger partial charge in [0.2, 0.25) is 0 Å². The Hall–Kier alpha value is -1.67. The fourth-order valence-corrected chi connectivity index (χ4v) is 2.03. The van der Waals surface area contributed by atoms with Crippen LogP contribution in [0.2, 0.25) is 0 Å². The van der Waals surface area contributed by atoms with Crippen molar-refractivity contribution >= 4 is 0 Å². The van der Waals surface area contributed by atoms with E-state index in [2.05, 4.69) is 48.4 Å². The number of benzene rings is 1. The molecule has 1 unspecified atom stereocenters. The summed E-state index contributed by atoms with van der Waals surface area (Å²) in [6, 6.07) is 13.1. The zero-order chi connectivity index (χ0) is 12.8. The maximum Gasteiger partial charge on any atom is 0.0271 e. The van der Waals surface area contributed by atoms with Gasteiger partial charge in [0.25, 0.3) is 0 Å². The van der Waals surface area contributed by atoms with Gasteiger partial charge < -0.3 is 5.32 Å². The third-order valence-corrected chi connectivity index (χ3v) is 3.19. The number of nitrogens with zero attached hydrogens (tertiary/aromatic N) is 1. The maximum atomic E-state index is 4.02. The molecule has 0 fully saturated rings. The summed E-state index contributed by atoms with van der Waals surface area (Å²) in [5.74, 6) is 0. The topological polar surface area (TPSA) is 24.9 Å². The Labute approximate surface area is 109 Å². The van der Waals surface area contributed by atoms with Crippen LogP contribution < -0.4 is 5.32 Å². The molecule has 2 nitrogen and oxygen atoms in total. The highest BCUT2D eigenvalue weighted by molar-refractivity contribution is 5.26. The number of nitrogens with one attached hydrogen (secondary N) is 1. The van der Waals surface area contributed by atoms with Gasteiger partial charge >= 0.3 is 0 Å². The van der Waals surface area contributed by atoms with Crippen LogP contribution in [0.5, 0.6) is 0 Å². The molecule has 0 spiro atoms. The second-order valence-electron chi connectivity index (χ2n) is 4.77. The van der Waals surface area contributed by atoms with Gasteiger partial charge in [0.1, 0.15) is 0 Å². The fraction of sp³-hybridized carbons (Fsp3) is 0.312. The van der Waals surface area contributed by atoms with Gasteiger partial charge in [-0.1, -0.05) is 24.3 Å². The third-order valence-electron chi connectivity index (χ3n) is 3.19. The van der Waals surface area contributed by atoms with Gasteiger partial charge in [-0.25, -0.2) is 0 Å². The summed E-state index contributed by atoms with van der Waals surface area (Å²) < 4.78 is 0. The molecule has 0 aliphatic rings. The second-order valence-corrected chi connectivity index (χ2v) is 4.77. The van der Waals surface area contributed by atoms with Crippen LogP contribution in [0.15, 0.2) is 48.8 Å². The largest absolute Gasteiger partial charge is 0.310 e. The van der Waals surface area contributed by atoms with Crippen LogP contribution in [0.25, 0.3) is 0 Å². The molecule has 1 heterocycles. The van der Waals surface area contributed by atoms with Crippen LogP contribution in [-0.2, 0) is 13.0 Å². The molecule has 1 N–H and O–H groups in total. The van der Waals surface area contributed by atoms with Crippen molar-refractivity contribution in [2.75, 3.05) is 0 Å². The van der Waals surface area contributed by atoms with Crippen molar-refractivity contribution in [1.82, 2.24) is 10.3 Å². The van der Waals surface area contributed by atoms with E-state index in [1.807, 2.05) is 24.5 Å². The van der Waals surface area contributed by atoms with Gasteiger partial charge in [-0.05, 0) is 49.1 Å². The quantitative estimate of drug-likeness (QED) is 0.868. The van der Waals surface area contributed by atoms with Crippen LogP contribution >= 0.6 is 0 Å². The van der Waals surface area contributed by atoms with Crippen LogP contribution in [0, 0.1) is 6.92 Å². The van der Waals surface area contributed by atoms with Gasteiger partial charge in [-0.15, -0.1) is 0 Å². The summed E-state index contributed by atoms with van der Waals surface area (Å²) in [5, 5.41) is 3.55. The molecule has 0 radical (unpaired) electrons. The Kier molecular flexibility index (Phi) is 4.48. The third kappa shape index (κ3) is 3.67. The summed E-state index contributed by atoms with van der Waals surface area (Å²) >= 11 is 0. The highest BCUT2D eigenvalue weighted by Crippen LogP contribution is 2.10. The molecule has 2 rings (SSSR count). The van der Waals surface area contributed by atoms with Crippen molar-refractivity contribution in [3.63, 3.8) is 0 Å². The number of pyridine rings is 1. The molecule has 2 heteroatoms. The van der Waals surface area contributed by atoms with E-state index in [4.69, 9.17) is 0 Å². The Morgan fingerprint density at radius 3 is 2.56 bits per heavy atom. The molecule has 0 aliphatic heterocycles. The van der Waals surface area contributed by atoms with Gasteiger partial charge in [-0.3, -0.25) is 4.98 Å². The lowest BCUT2D eigenvalue weighted by Gasteiger charge is -2.15. The number of rotatable bonds is 5. The molecule has 1 aromatic carbocycles. The molecule has 0 bridgehead atoms.